The van der Waals surface area contributed by atoms with Crippen molar-refractivity contribution in [1.29, 1.82) is 5.26 Å². The lowest BCUT2D eigenvalue weighted by Gasteiger charge is -2.45. The van der Waals surface area contributed by atoms with Gasteiger partial charge in [-0.1, -0.05) is 55.5 Å². The number of thiophene rings is 1. The van der Waals surface area contributed by atoms with Crippen LogP contribution < -0.4 is 4.90 Å². The average Bonchev–Trinajstić information content (AvgIpc) is 3.32. The summed E-state index contributed by atoms with van der Waals surface area (Å²) in [5.41, 5.74) is 6.29. The second-order valence-corrected chi connectivity index (χ2v) is 11.0. The van der Waals surface area contributed by atoms with E-state index in [2.05, 4.69) is 37.3 Å². The summed E-state index contributed by atoms with van der Waals surface area (Å²) in [6.45, 7) is 2.20. The maximum absolute atomic E-state index is 14.0. The molecule has 0 radical (unpaired) electrons. The van der Waals surface area contributed by atoms with Crippen LogP contribution in [0.4, 0.5) is 5.00 Å². The summed E-state index contributed by atoms with van der Waals surface area (Å²) in [6, 6.07) is 18.9. The number of fused-ring (bicyclic) bond motifs is 1. The Morgan fingerprint density at radius 2 is 1.42 bits per heavy atom. The third kappa shape index (κ3) is 2.34. The molecule has 1 fully saturated rings. The van der Waals surface area contributed by atoms with Crippen LogP contribution in [0.15, 0.2) is 48.5 Å². The molecule has 0 spiro atoms. The molecule has 2 aromatic carbocycles. The van der Waals surface area contributed by atoms with Gasteiger partial charge in [0.1, 0.15) is 11.1 Å². The van der Waals surface area contributed by atoms with Gasteiger partial charge >= 0.3 is 0 Å². The van der Waals surface area contributed by atoms with E-state index in [1.165, 1.54) is 43.4 Å². The molecule has 1 aliphatic heterocycles. The number of hydrogen-bond donors (Lipinski definition) is 0. The van der Waals surface area contributed by atoms with Crippen molar-refractivity contribution in [2.24, 2.45) is 17.8 Å². The molecule has 3 aromatic rings. The fourth-order valence-corrected chi connectivity index (χ4v) is 8.20. The number of amides is 2. The molecular weight excluding hydrogens is 428 g/mol. The van der Waals surface area contributed by atoms with Crippen molar-refractivity contribution >= 4 is 28.2 Å². The van der Waals surface area contributed by atoms with Gasteiger partial charge in [-0.05, 0) is 53.0 Å². The SMILES string of the molecule is C[C@H]1CCc2sc(N3C(=O)[C@H]4C5c6ccccc6C(c6ccccc65)[C@@H]4C3=O)c(C#N)c2C1. The van der Waals surface area contributed by atoms with E-state index < -0.39 is 11.8 Å². The standard InChI is InChI=1S/C28H22N2O2S/c1-14-10-11-21-19(12-14)20(13-29)28(33-21)30-26(31)24-22-15-6-2-3-7-16(15)23(25(24)27(30)32)18-9-5-4-8-17(18)22/h2-9,14,22-25H,10-12H2,1H3/t14-,22?,23?,24-,25-/m0/s1. The molecule has 2 heterocycles. The summed E-state index contributed by atoms with van der Waals surface area (Å²) < 4.78 is 0. The molecule has 0 unspecified atom stereocenters. The summed E-state index contributed by atoms with van der Waals surface area (Å²) in [4.78, 5) is 30.6. The molecule has 33 heavy (non-hydrogen) atoms. The largest absolute Gasteiger partial charge is 0.274 e. The highest BCUT2D eigenvalue weighted by molar-refractivity contribution is 7.17. The van der Waals surface area contributed by atoms with E-state index in [9.17, 15) is 14.9 Å². The van der Waals surface area contributed by atoms with E-state index in [-0.39, 0.29) is 23.7 Å². The molecular formula is C28H22N2O2S. The Hall–Kier alpha value is -3.23. The number of rotatable bonds is 1. The summed E-state index contributed by atoms with van der Waals surface area (Å²) in [5, 5.41) is 10.6. The van der Waals surface area contributed by atoms with Crippen LogP contribution in [0.25, 0.3) is 0 Å². The van der Waals surface area contributed by atoms with Crippen molar-refractivity contribution in [3.8, 4) is 6.07 Å². The lowest BCUT2D eigenvalue weighted by molar-refractivity contribution is -0.122. The van der Waals surface area contributed by atoms with Crippen LogP contribution in [-0.2, 0) is 22.4 Å². The number of nitrogens with zero attached hydrogens (tertiary/aromatic N) is 2. The highest BCUT2D eigenvalue weighted by Crippen LogP contribution is 2.61. The number of anilines is 1. The minimum atomic E-state index is -0.406. The van der Waals surface area contributed by atoms with Crippen molar-refractivity contribution < 1.29 is 9.59 Å². The van der Waals surface area contributed by atoms with E-state index in [1.54, 1.807) is 0 Å². The minimum absolute atomic E-state index is 0.117. The molecule has 1 saturated heterocycles. The molecule has 5 heteroatoms. The fourth-order valence-electron chi connectivity index (χ4n) is 6.89. The predicted molar refractivity (Wildman–Crippen MR) is 126 cm³/mol. The zero-order valence-corrected chi connectivity index (χ0v) is 19.1. The average molecular weight is 451 g/mol. The molecule has 3 atom stereocenters. The summed E-state index contributed by atoms with van der Waals surface area (Å²) in [7, 11) is 0. The van der Waals surface area contributed by atoms with Crippen LogP contribution in [0.3, 0.4) is 0 Å². The fraction of sp³-hybridized carbons (Fsp3) is 0.321. The Morgan fingerprint density at radius 1 is 0.909 bits per heavy atom. The molecule has 0 N–H and O–H groups in total. The van der Waals surface area contributed by atoms with E-state index in [0.717, 1.165) is 24.8 Å². The molecule has 2 amide bonds. The molecule has 4 nitrogen and oxygen atoms in total. The van der Waals surface area contributed by atoms with Gasteiger partial charge in [-0.2, -0.15) is 5.26 Å². The van der Waals surface area contributed by atoms with Crippen LogP contribution in [0.5, 0.6) is 0 Å². The number of carbonyl (C=O) groups excluding carboxylic acids is 2. The molecule has 4 aliphatic carbocycles. The van der Waals surface area contributed by atoms with Crippen LogP contribution in [0.2, 0.25) is 0 Å². The van der Waals surface area contributed by atoms with Gasteiger partial charge in [0.05, 0.1) is 17.4 Å². The van der Waals surface area contributed by atoms with Crippen molar-refractivity contribution in [1.82, 2.24) is 0 Å². The van der Waals surface area contributed by atoms with E-state index in [1.807, 2.05) is 24.3 Å². The molecule has 2 bridgehead atoms. The molecule has 8 rings (SSSR count). The highest BCUT2D eigenvalue weighted by atomic mass is 32.1. The first-order chi connectivity index (χ1) is 16.1. The number of aryl methyl sites for hydroxylation is 1. The quantitative estimate of drug-likeness (QED) is 0.482. The number of imide groups is 1. The highest BCUT2D eigenvalue weighted by Gasteiger charge is 2.62. The maximum Gasteiger partial charge on any atom is 0.239 e. The van der Waals surface area contributed by atoms with Crippen molar-refractivity contribution in [3.05, 3.63) is 86.8 Å². The Labute approximate surface area is 196 Å². The van der Waals surface area contributed by atoms with Crippen LogP contribution in [-0.4, -0.2) is 11.8 Å². The van der Waals surface area contributed by atoms with Gasteiger partial charge in [0.15, 0.2) is 0 Å². The van der Waals surface area contributed by atoms with Gasteiger partial charge in [-0.15, -0.1) is 11.3 Å². The van der Waals surface area contributed by atoms with E-state index >= 15 is 0 Å². The smallest absolute Gasteiger partial charge is 0.239 e. The zero-order valence-electron chi connectivity index (χ0n) is 18.2. The Morgan fingerprint density at radius 3 is 1.91 bits per heavy atom. The van der Waals surface area contributed by atoms with Gasteiger partial charge in [0.25, 0.3) is 0 Å². The van der Waals surface area contributed by atoms with E-state index in [0.29, 0.717) is 16.5 Å². The van der Waals surface area contributed by atoms with Gasteiger partial charge < -0.3 is 0 Å². The van der Waals surface area contributed by atoms with Gasteiger partial charge in [0.2, 0.25) is 11.8 Å². The topological polar surface area (TPSA) is 61.2 Å². The molecule has 5 aliphatic rings. The molecule has 1 aromatic heterocycles. The second kappa shape index (κ2) is 6.65. The Kier molecular flexibility index (Phi) is 3.88. The lowest BCUT2D eigenvalue weighted by Crippen LogP contribution is -2.41. The van der Waals surface area contributed by atoms with Crippen molar-refractivity contribution in [3.63, 3.8) is 0 Å². The van der Waals surface area contributed by atoms with Crippen LogP contribution in [0.1, 0.15) is 63.4 Å². The summed E-state index contributed by atoms with van der Waals surface area (Å²) >= 11 is 1.49. The Bertz CT molecular complexity index is 1300. The molecule has 162 valence electrons. The van der Waals surface area contributed by atoms with Gasteiger partial charge in [-0.3, -0.25) is 9.59 Å². The third-order valence-corrected chi connectivity index (χ3v) is 9.53. The van der Waals surface area contributed by atoms with Crippen molar-refractivity contribution in [2.45, 2.75) is 38.0 Å². The van der Waals surface area contributed by atoms with Gasteiger partial charge in [0, 0.05) is 16.7 Å². The van der Waals surface area contributed by atoms with Gasteiger partial charge in [-0.25, -0.2) is 4.90 Å². The van der Waals surface area contributed by atoms with E-state index in [4.69, 9.17) is 0 Å². The first-order valence-corrected chi connectivity index (χ1v) is 12.5. The van der Waals surface area contributed by atoms with Crippen molar-refractivity contribution in [2.75, 3.05) is 4.90 Å². The predicted octanol–water partition coefficient (Wildman–Crippen LogP) is 5.14. The number of nitriles is 1. The lowest BCUT2D eigenvalue weighted by atomic mass is 9.55. The third-order valence-electron chi connectivity index (χ3n) is 8.25. The monoisotopic (exact) mass is 450 g/mol. The molecule has 0 saturated carbocycles. The number of carbonyl (C=O) groups is 2. The summed E-state index contributed by atoms with van der Waals surface area (Å²) in [5.74, 6) is -0.796. The minimum Gasteiger partial charge on any atom is -0.274 e. The second-order valence-electron chi connectivity index (χ2n) is 9.92. The Balaban J connectivity index is 1.41. The van der Waals surface area contributed by atoms with Crippen LogP contribution >= 0.6 is 11.3 Å². The first-order valence-electron chi connectivity index (χ1n) is 11.7. The normalized spacial score (nSPS) is 28.7. The number of hydrogen-bond acceptors (Lipinski definition) is 4. The first kappa shape index (κ1) is 19.3. The maximum atomic E-state index is 14.0. The summed E-state index contributed by atoms with van der Waals surface area (Å²) in [6.07, 6.45) is 2.85. The number of benzene rings is 2. The van der Waals surface area contributed by atoms with Crippen LogP contribution in [0, 0.1) is 29.1 Å². The zero-order chi connectivity index (χ0) is 22.4.